The molecule has 1 amide bonds. The molecule has 2 N–H and O–H groups in total. The van der Waals surface area contributed by atoms with Gasteiger partial charge in [0.25, 0.3) is 0 Å². The molecule has 0 radical (unpaired) electrons. The van der Waals surface area contributed by atoms with Gasteiger partial charge in [-0.3, -0.25) is 9.59 Å². The number of carboxylic acid groups (broad SMARTS) is 1. The standard InChI is InChI=1S/C15H13F2NO5/c16-15(17)23-8-4-2-1-3-7(8)18-13(19)11-9-5-6-10(22-9)12(11)14(20)21/h1-6,9-12,15H,(H,18,19)(H,20,21)/t9-,10-,11-,12-/m0/s1. The second-order valence-corrected chi connectivity index (χ2v) is 5.20. The number of benzene rings is 1. The average molecular weight is 325 g/mol. The van der Waals surface area contributed by atoms with Crippen molar-refractivity contribution < 1.29 is 33.0 Å². The van der Waals surface area contributed by atoms with E-state index in [0.717, 1.165) is 0 Å². The predicted molar refractivity (Wildman–Crippen MR) is 74.1 cm³/mol. The number of fused-ring (bicyclic) bond motifs is 2. The smallest absolute Gasteiger partial charge is 0.387 e. The number of para-hydroxylation sites is 2. The zero-order valence-corrected chi connectivity index (χ0v) is 11.7. The van der Waals surface area contributed by atoms with Crippen molar-refractivity contribution in [1.29, 1.82) is 0 Å². The summed E-state index contributed by atoms with van der Waals surface area (Å²) in [6, 6.07) is 5.71. The molecule has 2 bridgehead atoms. The van der Waals surface area contributed by atoms with E-state index in [4.69, 9.17) is 4.74 Å². The van der Waals surface area contributed by atoms with Gasteiger partial charge >= 0.3 is 12.6 Å². The number of hydrogen-bond donors (Lipinski definition) is 2. The molecular formula is C15H13F2NO5. The molecule has 1 aromatic rings. The molecule has 1 fully saturated rings. The fourth-order valence-corrected chi connectivity index (χ4v) is 2.90. The Labute approximate surface area is 129 Å². The van der Waals surface area contributed by atoms with Crippen molar-refractivity contribution >= 4 is 17.6 Å². The van der Waals surface area contributed by atoms with E-state index in [2.05, 4.69) is 10.1 Å². The van der Waals surface area contributed by atoms with Crippen molar-refractivity contribution in [3.05, 3.63) is 36.4 Å². The SMILES string of the molecule is O=C(O)[C@@H]1[C@@H](C(=O)Nc2ccccc2OC(F)F)[C@@H]2C=C[C@@H]1O2. The van der Waals surface area contributed by atoms with Gasteiger partial charge in [0.05, 0.1) is 23.8 Å². The van der Waals surface area contributed by atoms with Crippen LogP contribution in [0.25, 0.3) is 0 Å². The molecule has 122 valence electrons. The summed E-state index contributed by atoms with van der Waals surface area (Å²) in [7, 11) is 0. The molecule has 8 heteroatoms. The third kappa shape index (κ3) is 2.89. The van der Waals surface area contributed by atoms with E-state index in [9.17, 15) is 23.5 Å². The van der Waals surface area contributed by atoms with Crippen molar-refractivity contribution in [2.45, 2.75) is 18.8 Å². The number of carboxylic acids is 1. The maximum absolute atomic E-state index is 12.4. The lowest BCUT2D eigenvalue weighted by molar-refractivity contribution is -0.145. The molecule has 1 saturated heterocycles. The van der Waals surface area contributed by atoms with Gasteiger partial charge in [-0.15, -0.1) is 0 Å². The Morgan fingerprint density at radius 2 is 1.83 bits per heavy atom. The Morgan fingerprint density at radius 3 is 2.48 bits per heavy atom. The van der Waals surface area contributed by atoms with Gasteiger partial charge < -0.3 is 19.9 Å². The van der Waals surface area contributed by atoms with E-state index in [1.54, 1.807) is 18.2 Å². The maximum Gasteiger partial charge on any atom is 0.387 e. The predicted octanol–water partition coefficient (Wildman–Crippen LogP) is 1.88. The van der Waals surface area contributed by atoms with Crippen LogP contribution >= 0.6 is 0 Å². The van der Waals surface area contributed by atoms with Crippen molar-refractivity contribution in [1.82, 2.24) is 0 Å². The summed E-state index contributed by atoms with van der Waals surface area (Å²) < 4.78 is 34.5. The van der Waals surface area contributed by atoms with Crippen LogP contribution in [0, 0.1) is 11.8 Å². The largest absolute Gasteiger partial charge is 0.481 e. The van der Waals surface area contributed by atoms with Gasteiger partial charge in [-0.25, -0.2) is 0 Å². The minimum absolute atomic E-state index is 0.0497. The quantitative estimate of drug-likeness (QED) is 0.808. The molecule has 23 heavy (non-hydrogen) atoms. The molecular weight excluding hydrogens is 312 g/mol. The van der Waals surface area contributed by atoms with Crippen molar-refractivity contribution in [3.8, 4) is 5.75 Å². The highest BCUT2D eigenvalue weighted by Crippen LogP contribution is 2.40. The molecule has 2 aliphatic rings. The van der Waals surface area contributed by atoms with Crippen LogP contribution in [0.3, 0.4) is 0 Å². The van der Waals surface area contributed by atoms with Crippen LogP contribution in [0.2, 0.25) is 0 Å². The van der Waals surface area contributed by atoms with Crippen LogP contribution < -0.4 is 10.1 Å². The Morgan fingerprint density at radius 1 is 1.17 bits per heavy atom. The first-order valence-corrected chi connectivity index (χ1v) is 6.88. The molecule has 0 saturated carbocycles. The summed E-state index contributed by atoms with van der Waals surface area (Å²) in [4.78, 5) is 23.8. The van der Waals surface area contributed by atoms with Crippen LogP contribution in [-0.4, -0.2) is 35.8 Å². The third-order valence-corrected chi connectivity index (χ3v) is 3.85. The van der Waals surface area contributed by atoms with Gasteiger partial charge in [0.15, 0.2) is 0 Å². The third-order valence-electron chi connectivity index (χ3n) is 3.85. The van der Waals surface area contributed by atoms with E-state index in [-0.39, 0.29) is 11.4 Å². The molecule has 2 aliphatic heterocycles. The Bertz CT molecular complexity index is 663. The number of alkyl halides is 2. The molecule has 1 aromatic carbocycles. The number of amides is 1. The number of carbonyl (C=O) groups excluding carboxylic acids is 1. The lowest BCUT2D eigenvalue weighted by Gasteiger charge is -2.21. The zero-order valence-electron chi connectivity index (χ0n) is 11.7. The van der Waals surface area contributed by atoms with E-state index >= 15 is 0 Å². The Kier molecular flexibility index (Phi) is 3.99. The van der Waals surface area contributed by atoms with E-state index in [1.807, 2.05) is 0 Å². The molecule has 0 aliphatic carbocycles. The molecule has 4 atom stereocenters. The van der Waals surface area contributed by atoms with Gasteiger partial charge in [-0.2, -0.15) is 8.78 Å². The number of halogens is 2. The topological polar surface area (TPSA) is 84.9 Å². The highest BCUT2D eigenvalue weighted by atomic mass is 19.3. The number of aliphatic carboxylic acids is 1. The highest BCUT2D eigenvalue weighted by molar-refractivity contribution is 5.97. The van der Waals surface area contributed by atoms with E-state index < -0.39 is 42.5 Å². The van der Waals surface area contributed by atoms with Crippen LogP contribution in [0.4, 0.5) is 14.5 Å². The van der Waals surface area contributed by atoms with Crippen LogP contribution in [0.15, 0.2) is 36.4 Å². The first kappa shape index (κ1) is 15.4. The fourth-order valence-electron chi connectivity index (χ4n) is 2.90. The van der Waals surface area contributed by atoms with Gasteiger partial charge in [-0.05, 0) is 12.1 Å². The average Bonchev–Trinajstić information content (AvgIpc) is 3.09. The minimum Gasteiger partial charge on any atom is -0.481 e. The summed E-state index contributed by atoms with van der Waals surface area (Å²) in [5.41, 5.74) is 0.0497. The lowest BCUT2D eigenvalue weighted by Crippen LogP contribution is -2.39. The van der Waals surface area contributed by atoms with Gasteiger partial charge in [0, 0.05) is 0 Å². The molecule has 2 heterocycles. The molecule has 0 spiro atoms. The fraction of sp³-hybridized carbons (Fsp3) is 0.333. The molecule has 0 aromatic heterocycles. The number of anilines is 1. The van der Waals surface area contributed by atoms with Crippen molar-refractivity contribution in [2.24, 2.45) is 11.8 Å². The lowest BCUT2D eigenvalue weighted by atomic mass is 9.82. The van der Waals surface area contributed by atoms with Crippen molar-refractivity contribution in [3.63, 3.8) is 0 Å². The summed E-state index contributed by atoms with van der Waals surface area (Å²) in [6.45, 7) is -3.03. The number of hydrogen-bond acceptors (Lipinski definition) is 4. The van der Waals surface area contributed by atoms with Crippen LogP contribution in [-0.2, 0) is 14.3 Å². The first-order chi connectivity index (χ1) is 11.0. The maximum atomic E-state index is 12.4. The zero-order chi connectivity index (χ0) is 16.6. The second-order valence-electron chi connectivity index (χ2n) is 5.20. The summed E-state index contributed by atoms with van der Waals surface area (Å²) in [5.74, 6) is -3.88. The normalized spacial score (nSPS) is 28.1. The van der Waals surface area contributed by atoms with E-state index in [0.29, 0.717) is 0 Å². The van der Waals surface area contributed by atoms with Gasteiger partial charge in [0.1, 0.15) is 11.7 Å². The minimum atomic E-state index is -3.03. The number of ether oxygens (including phenoxy) is 2. The number of nitrogens with one attached hydrogen (secondary N) is 1. The molecule has 0 unspecified atom stereocenters. The van der Waals surface area contributed by atoms with Gasteiger partial charge in [-0.1, -0.05) is 24.3 Å². The number of rotatable bonds is 5. The van der Waals surface area contributed by atoms with E-state index in [1.165, 1.54) is 18.2 Å². The molecule has 3 rings (SSSR count). The Hall–Kier alpha value is -2.48. The van der Waals surface area contributed by atoms with Crippen LogP contribution in [0.1, 0.15) is 0 Å². The van der Waals surface area contributed by atoms with Gasteiger partial charge in [0.2, 0.25) is 5.91 Å². The summed E-state index contributed by atoms with van der Waals surface area (Å²) >= 11 is 0. The second kappa shape index (κ2) is 5.96. The van der Waals surface area contributed by atoms with Crippen molar-refractivity contribution in [2.75, 3.05) is 5.32 Å². The molecule has 6 nitrogen and oxygen atoms in total. The highest BCUT2D eigenvalue weighted by Gasteiger charge is 2.53. The first-order valence-electron chi connectivity index (χ1n) is 6.88. The van der Waals surface area contributed by atoms with Crippen LogP contribution in [0.5, 0.6) is 5.75 Å². The summed E-state index contributed by atoms with van der Waals surface area (Å²) in [5, 5.41) is 11.7. The Balaban J connectivity index is 1.80. The number of carbonyl (C=O) groups is 2. The monoisotopic (exact) mass is 325 g/mol. The summed E-state index contributed by atoms with van der Waals surface area (Å²) in [6.07, 6.45) is 1.96.